The van der Waals surface area contributed by atoms with Crippen LogP contribution in [0, 0.1) is 41.5 Å². The maximum atomic E-state index is 2.30. The van der Waals surface area contributed by atoms with E-state index < -0.39 is 0 Å². The molecule has 0 saturated carbocycles. The Morgan fingerprint density at radius 3 is 1.95 bits per heavy atom. The summed E-state index contributed by atoms with van der Waals surface area (Å²) in [5, 5.41) is 5.64. The van der Waals surface area contributed by atoms with E-state index in [0.717, 1.165) is 0 Å². The minimum Gasteiger partial charge on any atom is -0.0557 e. The van der Waals surface area contributed by atoms with E-state index in [1.807, 2.05) is 0 Å². The molecule has 0 nitrogen and oxygen atoms in total. The van der Waals surface area contributed by atoms with Gasteiger partial charge in [-0.2, -0.15) is 0 Å². The summed E-state index contributed by atoms with van der Waals surface area (Å²) in [5.74, 6) is 0. The molecule has 20 heavy (non-hydrogen) atoms. The zero-order valence-corrected chi connectivity index (χ0v) is 13.3. The van der Waals surface area contributed by atoms with Crippen LogP contribution in [0.2, 0.25) is 0 Å². The summed E-state index contributed by atoms with van der Waals surface area (Å²) in [6.07, 6.45) is 0. The highest BCUT2D eigenvalue weighted by Crippen LogP contribution is 2.36. The van der Waals surface area contributed by atoms with Crippen molar-refractivity contribution < 1.29 is 0 Å². The normalized spacial score (nSPS) is 11.5. The Balaban J connectivity index is 2.68. The summed E-state index contributed by atoms with van der Waals surface area (Å²) in [6, 6.07) is 9.17. The molecule has 0 atom stereocenters. The first-order chi connectivity index (χ1) is 9.41. The molecule has 0 saturated heterocycles. The van der Waals surface area contributed by atoms with E-state index in [1.54, 1.807) is 0 Å². The zero-order valence-electron chi connectivity index (χ0n) is 13.3. The molecule has 3 aromatic rings. The van der Waals surface area contributed by atoms with Crippen molar-refractivity contribution in [2.75, 3.05) is 0 Å². The molecule has 0 radical (unpaired) electrons. The quantitative estimate of drug-likeness (QED) is 0.446. The number of fused-ring (bicyclic) bond motifs is 3. The highest BCUT2D eigenvalue weighted by molar-refractivity contribution is 6.12. The molecule has 0 heteroatoms. The van der Waals surface area contributed by atoms with Gasteiger partial charge in [-0.1, -0.05) is 29.8 Å². The van der Waals surface area contributed by atoms with Gasteiger partial charge in [0.15, 0.2) is 0 Å². The van der Waals surface area contributed by atoms with Crippen molar-refractivity contribution in [1.82, 2.24) is 0 Å². The predicted octanol–water partition coefficient (Wildman–Crippen LogP) is 5.84. The van der Waals surface area contributed by atoms with Gasteiger partial charge in [-0.25, -0.2) is 0 Å². The van der Waals surface area contributed by atoms with E-state index in [0.29, 0.717) is 0 Å². The Morgan fingerprint density at radius 2 is 1.25 bits per heavy atom. The number of hydrogen-bond acceptors (Lipinski definition) is 0. The molecule has 102 valence electrons. The first-order valence-corrected chi connectivity index (χ1v) is 7.32. The molecular weight excluding hydrogens is 240 g/mol. The Labute approximate surface area is 121 Å². The Morgan fingerprint density at radius 1 is 0.600 bits per heavy atom. The lowest BCUT2D eigenvalue weighted by atomic mass is 9.87. The molecule has 0 aliphatic carbocycles. The number of benzene rings is 3. The van der Waals surface area contributed by atoms with Gasteiger partial charge in [0.05, 0.1) is 0 Å². The second kappa shape index (κ2) is 4.34. The van der Waals surface area contributed by atoms with Crippen LogP contribution in [0.4, 0.5) is 0 Å². The highest BCUT2D eigenvalue weighted by atomic mass is 14.2. The summed E-state index contributed by atoms with van der Waals surface area (Å²) < 4.78 is 0. The van der Waals surface area contributed by atoms with Crippen molar-refractivity contribution in [2.24, 2.45) is 0 Å². The average Bonchev–Trinajstić information content (AvgIpc) is 2.41. The van der Waals surface area contributed by atoms with Crippen LogP contribution in [0.5, 0.6) is 0 Å². The van der Waals surface area contributed by atoms with Gasteiger partial charge in [0, 0.05) is 0 Å². The van der Waals surface area contributed by atoms with Gasteiger partial charge in [-0.15, -0.1) is 0 Å². The van der Waals surface area contributed by atoms with E-state index in [2.05, 4.69) is 65.8 Å². The van der Waals surface area contributed by atoms with Crippen LogP contribution in [0.3, 0.4) is 0 Å². The van der Waals surface area contributed by atoms with Crippen molar-refractivity contribution in [3.63, 3.8) is 0 Å². The summed E-state index contributed by atoms with van der Waals surface area (Å²) in [5.41, 5.74) is 8.44. The molecule has 0 unspecified atom stereocenters. The third-order valence-corrected chi connectivity index (χ3v) is 4.93. The number of hydrogen-bond donors (Lipinski definition) is 0. The van der Waals surface area contributed by atoms with E-state index >= 15 is 0 Å². The van der Waals surface area contributed by atoms with Gasteiger partial charge in [0.1, 0.15) is 0 Å². The van der Waals surface area contributed by atoms with Gasteiger partial charge >= 0.3 is 0 Å². The third kappa shape index (κ3) is 1.67. The fourth-order valence-corrected chi connectivity index (χ4v) is 3.52. The molecule has 0 N–H and O–H groups in total. The molecule has 0 spiro atoms. The topological polar surface area (TPSA) is 0 Å². The van der Waals surface area contributed by atoms with Crippen LogP contribution in [0.15, 0.2) is 24.3 Å². The SMILES string of the molecule is Cc1cc(C)c2c(ccc3c(C)c(C)c(C)c(C)c32)c1. The van der Waals surface area contributed by atoms with Crippen molar-refractivity contribution in [3.05, 3.63) is 57.6 Å². The fourth-order valence-electron chi connectivity index (χ4n) is 3.52. The van der Waals surface area contributed by atoms with Crippen LogP contribution in [0.25, 0.3) is 21.5 Å². The molecule has 0 fully saturated rings. The van der Waals surface area contributed by atoms with Crippen molar-refractivity contribution in [3.8, 4) is 0 Å². The number of aryl methyl sites for hydroxylation is 4. The second-order valence-electron chi connectivity index (χ2n) is 6.17. The smallest absolute Gasteiger partial charge is 0.00679 e. The van der Waals surface area contributed by atoms with Gasteiger partial charge in [-0.3, -0.25) is 0 Å². The summed E-state index contributed by atoms with van der Waals surface area (Å²) >= 11 is 0. The third-order valence-electron chi connectivity index (χ3n) is 4.93. The zero-order chi connectivity index (χ0) is 14.6. The van der Waals surface area contributed by atoms with E-state index in [9.17, 15) is 0 Å². The van der Waals surface area contributed by atoms with Gasteiger partial charge in [0.2, 0.25) is 0 Å². The second-order valence-corrected chi connectivity index (χ2v) is 6.17. The van der Waals surface area contributed by atoms with Gasteiger partial charge < -0.3 is 0 Å². The summed E-state index contributed by atoms with van der Waals surface area (Å²) in [7, 11) is 0. The van der Waals surface area contributed by atoms with Crippen molar-refractivity contribution in [2.45, 2.75) is 41.5 Å². The van der Waals surface area contributed by atoms with Crippen molar-refractivity contribution >= 4 is 21.5 Å². The predicted molar refractivity (Wildman–Crippen MR) is 89.9 cm³/mol. The molecular formula is C20H22. The Hall–Kier alpha value is -1.82. The molecule has 0 aliphatic rings. The lowest BCUT2D eigenvalue weighted by Gasteiger charge is -2.17. The lowest BCUT2D eigenvalue weighted by molar-refractivity contribution is 1.25. The molecule has 0 aromatic heterocycles. The Bertz CT molecular complexity index is 851. The first kappa shape index (κ1) is 13.2. The van der Waals surface area contributed by atoms with E-state index in [4.69, 9.17) is 0 Å². The maximum Gasteiger partial charge on any atom is -0.00679 e. The van der Waals surface area contributed by atoms with Gasteiger partial charge in [-0.05, 0) is 90.9 Å². The maximum absolute atomic E-state index is 2.30. The first-order valence-electron chi connectivity index (χ1n) is 7.32. The highest BCUT2D eigenvalue weighted by Gasteiger charge is 2.12. The van der Waals surface area contributed by atoms with Gasteiger partial charge in [0.25, 0.3) is 0 Å². The average molecular weight is 262 g/mol. The van der Waals surface area contributed by atoms with E-state index in [1.165, 1.54) is 54.9 Å². The summed E-state index contributed by atoms with van der Waals surface area (Å²) in [6.45, 7) is 13.4. The molecule has 0 bridgehead atoms. The summed E-state index contributed by atoms with van der Waals surface area (Å²) in [4.78, 5) is 0. The molecule has 3 aromatic carbocycles. The van der Waals surface area contributed by atoms with Crippen LogP contribution >= 0.6 is 0 Å². The molecule has 3 rings (SSSR count). The van der Waals surface area contributed by atoms with Crippen molar-refractivity contribution in [1.29, 1.82) is 0 Å². The minimum absolute atomic E-state index is 1.34. The van der Waals surface area contributed by atoms with Crippen LogP contribution in [-0.4, -0.2) is 0 Å². The molecule has 0 heterocycles. The molecule has 0 amide bonds. The van der Waals surface area contributed by atoms with Crippen LogP contribution < -0.4 is 0 Å². The van der Waals surface area contributed by atoms with Crippen LogP contribution in [-0.2, 0) is 0 Å². The lowest BCUT2D eigenvalue weighted by Crippen LogP contribution is -1.96. The Kier molecular flexibility index (Phi) is 2.86. The minimum atomic E-state index is 1.34. The monoisotopic (exact) mass is 262 g/mol. The largest absolute Gasteiger partial charge is 0.0557 e. The standard InChI is InChI=1S/C20H22/c1-11-9-12(2)19-17(10-11)7-8-18-15(5)13(3)14(4)16(6)20(18)19/h7-10H,1-6H3. The molecule has 0 aliphatic heterocycles. The fraction of sp³-hybridized carbons (Fsp3) is 0.300. The van der Waals surface area contributed by atoms with Crippen LogP contribution in [0.1, 0.15) is 33.4 Å². The number of rotatable bonds is 0. The van der Waals surface area contributed by atoms with E-state index in [-0.39, 0.29) is 0 Å².